The minimum absolute atomic E-state index is 0.180. The molecule has 4 rings (SSSR count). The number of carboxylic acid groups (broad SMARTS) is 1. The Morgan fingerprint density at radius 3 is 2.11 bits per heavy atom. The summed E-state index contributed by atoms with van der Waals surface area (Å²) in [4.78, 5) is 21.5. The largest absolute Gasteiger partial charge is 0.476 e. The highest BCUT2D eigenvalue weighted by molar-refractivity contribution is 5.84. The van der Waals surface area contributed by atoms with E-state index in [1.165, 1.54) is 6.20 Å². The molecule has 1 N–H and O–H groups in total. The van der Waals surface area contributed by atoms with Crippen molar-refractivity contribution in [2.45, 2.75) is 6.92 Å². The zero-order valence-electron chi connectivity index (χ0n) is 15.0. The molecule has 0 radical (unpaired) electrons. The van der Waals surface area contributed by atoms with Crippen molar-refractivity contribution in [3.05, 3.63) is 84.4 Å². The van der Waals surface area contributed by atoms with Crippen LogP contribution in [0.15, 0.2) is 73.1 Å². The predicted octanol–water partition coefficient (Wildman–Crippen LogP) is 3.86. The lowest BCUT2D eigenvalue weighted by atomic mass is 10.0. The number of nitrogens with zero attached hydrogens (tertiary/aromatic N) is 4. The summed E-state index contributed by atoms with van der Waals surface area (Å²) in [5.74, 6) is -0.634. The summed E-state index contributed by atoms with van der Waals surface area (Å²) in [6.45, 7) is 1.98. The third kappa shape index (κ3) is 3.73. The Hall–Kier alpha value is -4.00. The van der Waals surface area contributed by atoms with Gasteiger partial charge in [0.1, 0.15) is 6.20 Å². The highest BCUT2D eigenvalue weighted by Gasteiger charge is 2.09. The van der Waals surface area contributed by atoms with Gasteiger partial charge in [0.15, 0.2) is 11.4 Å². The molecule has 0 saturated carbocycles. The van der Waals surface area contributed by atoms with Crippen molar-refractivity contribution in [1.29, 1.82) is 0 Å². The van der Waals surface area contributed by atoms with Crippen molar-refractivity contribution in [1.82, 2.24) is 20.1 Å². The molecule has 28 heavy (non-hydrogen) atoms. The van der Waals surface area contributed by atoms with E-state index >= 15 is 0 Å². The number of carbonyl (C=O) groups is 1. The van der Waals surface area contributed by atoms with Crippen LogP contribution in [0.4, 0.5) is 0 Å². The van der Waals surface area contributed by atoms with Crippen LogP contribution in [-0.4, -0.2) is 31.2 Å². The van der Waals surface area contributed by atoms with Gasteiger partial charge in [-0.15, -0.1) is 5.10 Å². The highest BCUT2D eigenvalue weighted by atomic mass is 16.7. The van der Waals surface area contributed by atoms with Crippen molar-refractivity contribution < 1.29 is 14.7 Å². The quantitative estimate of drug-likeness (QED) is 0.572. The monoisotopic (exact) mass is 372 g/mol. The smallest absolute Gasteiger partial charge is 0.358 e. The van der Waals surface area contributed by atoms with Gasteiger partial charge in [0.25, 0.3) is 0 Å². The number of pyridine rings is 1. The minimum Gasteiger partial charge on any atom is -0.476 e. The maximum absolute atomic E-state index is 10.8. The molecule has 0 unspecified atom stereocenters. The Kier molecular flexibility index (Phi) is 4.55. The first-order valence-electron chi connectivity index (χ1n) is 8.56. The molecule has 0 saturated heterocycles. The fourth-order valence-corrected chi connectivity index (χ4v) is 2.79. The van der Waals surface area contributed by atoms with Crippen LogP contribution in [0.25, 0.3) is 22.3 Å². The average molecular weight is 372 g/mol. The van der Waals surface area contributed by atoms with Gasteiger partial charge in [-0.1, -0.05) is 41.2 Å². The summed E-state index contributed by atoms with van der Waals surface area (Å²) in [5, 5.41) is 16.0. The van der Waals surface area contributed by atoms with Crippen LogP contribution in [-0.2, 0) is 0 Å². The van der Waals surface area contributed by atoms with Crippen molar-refractivity contribution in [3.63, 3.8) is 0 Å². The van der Waals surface area contributed by atoms with Crippen LogP contribution < -0.4 is 4.84 Å². The molecule has 2 aromatic heterocycles. The number of carboxylic acids is 1. The van der Waals surface area contributed by atoms with Crippen molar-refractivity contribution >= 4 is 5.97 Å². The summed E-state index contributed by atoms with van der Waals surface area (Å²) in [5.41, 5.74) is 5.19. The second kappa shape index (κ2) is 7.32. The van der Waals surface area contributed by atoms with Crippen LogP contribution in [0, 0.1) is 6.92 Å². The van der Waals surface area contributed by atoms with Gasteiger partial charge in [0.2, 0.25) is 0 Å². The topological polar surface area (TPSA) is 90.1 Å². The molecule has 0 atom stereocenters. The normalized spacial score (nSPS) is 10.6. The van der Waals surface area contributed by atoms with Crippen LogP contribution in [0.5, 0.6) is 5.75 Å². The molecule has 0 spiro atoms. The van der Waals surface area contributed by atoms with Gasteiger partial charge < -0.3 is 9.94 Å². The fourth-order valence-electron chi connectivity index (χ4n) is 2.79. The molecule has 0 bridgehead atoms. The lowest BCUT2D eigenvalue weighted by Gasteiger charge is -2.07. The van der Waals surface area contributed by atoms with E-state index in [2.05, 4.69) is 45.6 Å². The molecule has 0 aliphatic heterocycles. The Morgan fingerprint density at radius 2 is 1.54 bits per heavy atom. The number of hydrogen-bond acceptors (Lipinski definition) is 5. The molecule has 2 heterocycles. The van der Waals surface area contributed by atoms with E-state index in [9.17, 15) is 4.79 Å². The summed E-state index contributed by atoms with van der Waals surface area (Å²) < 4.78 is 0. The zero-order chi connectivity index (χ0) is 19.5. The molecular weight excluding hydrogens is 356 g/mol. The van der Waals surface area contributed by atoms with Gasteiger partial charge in [0, 0.05) is 11.9 Å². The molecule has 0 amide bonds. The third-order valence-corrected chi connectivity index (χ3v) is 4.19. The standard InChI is InChI=1S/C21H16N4O3/c1-14-12-18(10-11-22-14)17-4-2-15(3-5-17)16-6-8-19(9-7-16)28-25-13-20(21(26)27)23-24-25/h2-13H,1H3,(H,26,27). The predicted molar refractivity (Wildman–Crippen MR) is 103 cm³/mol. The van der Waals surface area contributed by atoms with Gasteiger partial charge in [-0.2, -0.15) is 0 Å². The summed E-state index contributed by atoms with van der Waals surface area (Å²) in [7, 11) is 0. The SMILES string of the molecule is Cc1cc(-c2ccc(-c3ccc(On4cc(C(=O)O)nn4)cc3)cc2)ccn1. The number of aromatic carboxylic acids is 1. The van der Waals surface area contributed by atoms with E-state index in [4.69, 9.17) is 9.94 Å². The third-order valence-electron chi connectivity index (χ3n) is 4.19. The van der Waals surface area contributed by atoms with Crippen LogP contribution >= 0.6 is 0 Å². The number of benzene rings is 2. The molecule has 0 aliphatic carbocycles. The number of aromatic nitrogens is 4. The van der Waals surface area contributed by atoms with Gasteiger partial charge in [-0.25, -0.2) is 4.79 Å². The molecule has 138 valence electrons. The van der Waals surface area contributed by atoms with Gasteiger partial charge in [-0.05, 0) is 58.7 Å². The van der Waals surface area contributed by atoms with Crippen LogP contribution in [0.1, 0.15) is 16.2 Å². The average Bonchev–Trinajstić information content (AvgIpc) is 3.18. The minimum atomic E-state index is -1.16. The second-order valence-electron chi connectivity index (χ2n) is 6.19. The maximum Gasteiger partial charge on any atom is 0.358 e. The van der Waals surface area contributed by atoms with Crippen molar-refractivity contribution in [2.24, 2.45) is 0 Å². The molecule has 2 aromatic carbocycles. The van der Waals surface area contributed by atoms with Crippen molar-refractivity contribution in [2.75, 3.05) is 0 Å². The van der Waals surface area contributed by atoms with E-state index in [1.807, 2.05) is 31.3 Å². The molecule has 4 aromatic rings. The van der Waals surface area contributed by atoms with E-state index in [0.717, 1.165) is 32.8 Å². The van der Waals surface area contributed by atoms with E-state index in [-0.39, 0.29) is 5.69 Å². The maximum atomic E-state index is 10.8. The molecule has 7 heteroatoms. The highest BCUT2D eigenvalue weighted by Crippen LogP contribution is 2.26. The molecule has 7 nitrogen and oxygen atoms in total. The molecule has 0 fully saturated rings. The van der Waals surface area contributed by atoms with E-state index < -0.39 is 5.97 Å². The number of rotatable bonds is 5. The summed E-state index contributed by atoms with van der Waals surface area (Å²) >= 11 is 0. The lowest BCUT2D eigenvalue weighted by molar-refractivity contribution is 0.0689. The number of hydrogen-bond donors (Lipinski definition) is 1. The Morgan fingerprint density at radius 1 is 0.929 bits per heavy atom. The molecule has 0 aliphatic rings. The lowest BCUT2D eigenvalue weighted by Crippen LogP contribution is -2.05. The Balaban J connectivity index is 1.49. The van der Waals surface area contributed by atoms with Gasteiger partial charge in [-0.3, -0.25) is 4.98 Å². The van der Waals surface area contributed by atoms with Crippen LogP contribution in [0.2, 0.25) is 0 Å². The summed E-state index contributed by atoms with van der Waals surface area (Å²) in [6, 6.07) is 19.8. The second-order valence-corrected chi connectivity index (χ2v) is 6.19. The van der Waals surface area contributed by atoms with Gasteiger partial charge >= 0.3 is 5.97 Å². The first-order valence-corrected chi connectivity index (χ1v) is 8.56. The van der Waals surface area contributed by atoms with Gasteiger partial charge in [0.05, 0.1) is 0 Å². The zero-order valence-corrected chi connectivity index (χ0v) is 15.0. The Labute approximate surface area is 160 Å². The van der Waals surface area contributed by atoms with Crippen molar-refractivity contribution in [3.8, 4) is 28.0 Å². The first-order chi connectivity index (χ1) is 13.6. The molecular formula is C21H16N4O3. The fraction of sp³-hybridized carbons (Fsp3) is 0.0476. The first kappa shape index (κ1) is 17.4. The van der Waals surface area contributed by atoms with E-state index in [1.54, 1.807) is 12.1 Å². The Bertz CT molecular complexity index is 1120. The van der Waals surface area contributed by atoms with Crippen LogP contribution in [0.3, 0.4) is 0 Å². The summed E-state index contributed by atoms with van der Waals surface area (Å²) in [6.07, 6.45) is 3.02. The van der Waals surface area contributed by atoms with E-state index in [0.29, 0.717) is 5.75 Å². The number of aryl methyl sites for hydroxylation is 1.